The minimum atomic E-state index is 0.369. The molecule has 1 saturated carbocycles. The van der Waals surface area contributed by atoms with E-state index in [4.69, 9.17) is 10.2 Å². The molecule has 2 heteroatoms. The second kappa shape index (κ2) is 4.84. The molecule has 1 heterocycles. The normalized spacial score (nSPS) is 31.7. The molecule has 1 aromatic heterocycles. The molecule has 0 bridgehead atoms. The maximum atomic E-state index is 6.05. The molecule has 1 fully saturated rings. The molecule has 0 radical (unpaired) electrons. The summed E-state index contributed by atoms with van der Waals surface area (Å²) in [5.74, 6) is 2.48. The van der Waals surface area contributed by atoms with Gasteiger partial charge in [-0.15, -0.1) is 0 Å². The molecule has 0 aromatic carbocycles. The Morgan fingerprint density at radius 2 is 2.33 bits per heavy atom. The van der Waals surface area contributed by atoms with Crippen molar-refractivity contribution in [2.45, 2.75) is 51.0 Å². The van der Waals surface area contributed by atoms with Gasteiger partial charge in [-0.2, -0.15) is 0 Å². The van der Waals surface area contributed by atoms with E-state index in [1.54, 1.807) is 6.26 Å². The van der Waals surface area contributed by atoms with Crippen LogP contribution in [0.2, 0.25) is 0 Å². The lowest BCUT2D eigenvalue weighted by molar-refractivity contribution is 0.238. The van der Waals surface area contributed by atoms with Gasteiger partial charge in [0.2, 0.25) is 0 Å². The first kappa shape index (κ1) is 10.7. The molecule has 3 unspecified atom stereocenters. The SMILES string of the molecule is CCCC1CCC(N)CC1c1ccco1. The van der Waals surface area contributed by atoms with Gasteiger partial charge in [0, 0.05) is 12.0 Å². The van der Waals surface area contributed by atoms with E-state index in [9.17, 15) is 0 Å². The maximum Gasteiger partial charge on any atom is 0.107 e. The van der Waals surface area contributed by atoms with Crippen molar-refractivity contribution in [2.75, 3.05) is 0 Å². The minimum Gasteiger partial charge on any atom is -0.469 e. The highest BCUT2D eigenvalue weighted by atomic mass is 16.3. The highest BCUT2D eigenvalue weighted by Gasteiger charge is 2.30. The van der Waals surface area contributed by atoms with E-state index >= 15 is 0 Å². The van der Waals surface area contributed by atoms with E-state index in [-0.39, 0.29) is 0 Å². The van der Waals surface area contributed by atoms with E-state index in [0.29, 0.717) is 12.0 Å². The Morgan fingerprint density at radius 3 is 3.00 bits per heavy atom. The molecule has 2 N–H and O–H groups in total. The van der Waals surface area contributed by atoms with Gasteiger partial charge in [-0.1, -0.05) is 19.8 Å². The molecule has 1 aliphatic carbocycles. The summed E-state index contributed by atoms with van der Waals surface area (Å²) in [6.45, 7) is 2.26. The van der Waals surface area contributed by atoms with Crippen LogP contribution < -0.4 is 5.73 Å². The van der Waals surface area contributed by atoms with E-state index in [0.717, 1.165) is 18.1 Å². The van der Waals surface area contributed by atoms with Gasteiger partial charge in [-0.3, -0.25) is 0 Å². The van der Waals surface area contributed by atoms with Gasteiger partial charge in [0.25, 0.3) is 0 Å². The zero-order valence-corrected chi connectivity index (χ0v) is 9.49. The first-order valence-electron chi connectivity index (χ1n) is 6.10. The predicted octanol–water partition coefficient (Wildman–Crippen LogP) is 3.29. The summed E-state index contributed by atoms with van der Waals surface area (Å²) in [6.07, 6.45) is 7.88. The molecular weight excluding hydrogens is 186 g/mol. The van der Waals surface area contributed by atoms with Crippen molar-refractivity contribution < 1.29 is 4.42 Å². The summed E-state index contributed by atoms with van der Waals surface area (Å²) >= 11 is 0. The molecule has 2 nitrogen and oxygen atoms in total. The van der Waals surface area contributed by atoms with Crippen LogP contribution in [0.5, 0.6) is 0 Å². The topological polar surface area (TPSA) is 39.2 Å². The maximum absolute atomic E-state index is 6.05. The molecule has 3 atom stereocenters. The van der Waals surface area contributed by atoms with E-state index in [2.05, 4.69) is 13.0 Å². The zero-order valence-electron chi connectivity index (χ0n) is 9.49. The molecule has 1 aromatic rings. The molecule has 0 spiro atoms. The average molecular weight is 207 g/mol. The van der Waals surface area contributed by atoms with Crippen LogP contribution in [0.15, 0.2) is 22.8 Å². The predicted molar refractivity (Wildman–Crippen MR) is 61.7 cm³/mol. The summed E-state index contributed by atoms with van der Waals surface area (Å²) in [5.41, 5.74) is 6.05. The summed E-state index contributed by atoms with van der Waals surface area (Å²) in [6, 6.07) is 4.46. The Morgan fingerprint density at radius 1 is 1.47 bits per heavy atom. The molecule has 0 saturated heterocycles. The van der Waals surface area contributed by atoms with Gasteiger partial charge < -0.3 is 10.2 Å². The Bertz CT molecular complexity index is 281. The third-order valence-corrected chi connectivity index (χ3v) is 3.60. The van der Waals surface area contributed by atoms with Crippen LogP contribution in [-0.4, -0.2) is 6.04 Å². The van der Waals surface area contributed by atoms with E-state index < -0.39 is 0 Å². The van der Waals surface area contributed by atoms with Crippen molar-refractivity contribution >= 4 is 0 Å². The number of nitrogens with two attached hydrogens (primary N) is 1. The van der Waals surface area contributed by atoms with Crippen LogP contribution in [0.4, 0.5) is 0 Å². The van der Waals surface area contributed by atoms with Gasteiger partial charge in [0.1, 0.15) is 5.76 Å². The van der Waals surface area contributed by atoms with Crippen molar-refractivity contribution in [3.05, 3.63) is 24.2 Å². The molecular formula is C13H21NO. The lowest BCUT2D eigenvalue weighted by Gasteiger charge is -2.33. The third kappa shape index (κ3) is 2.43. The van der Waals surface area contributed by atoms with Gasteiger partial charge in [-0.05, 0) is 37.3 Å². The lowest BCUT2D eigenvalue weighted by atomic mass is 9.74. The molecule has 0 amide bonds. The summed E-state index contributed by atoms with van der Waals surface area (Å²) in [5, 5.41) is 0. The van der Waals surface area contributed by atoms with Crippen LogP contribution in [0.25, 0.3) is 0 Å². The zero-order chi connectivity index (χ0) is 10.7. The highest BCUT2D eigenvalue weighted by Crippen LogP contribution is 2.39. The smallest absolute Gasteiger partial charge is 0.107 e. The fourth-order valence-corrected chi connectivity index (χ4v) is 2.83. The number of hydrogen-bond acceptors (Lipinski definition) is 2. The van der Waals surface area contributed by atoms with E-state index in [1.807, 2.05) is 6.07 Å². The Kier molecular flexibility index (Phi) is 3.47. The average Bonchev–Trinajstić information content (AvgIpc) is 2.74. The van der Waals surface area contributed by atoms with Gasteiger partial charge >= 0.3 is 0 Å². The first-order valence-corrected chi connectivity index (χ1v) is 6.10. The number of furan rings is 1. The van der Waals surface area contributed by atoms with Gasteiger partial charge in [0.05, 0.1) is 6.26 Å². The Balaban J connectivity index is 2.09. The van der Waals surface area contributed by atoms with Crippen molar-refractivity contribution in [2.24, 2.45) is 11.7 Å². The molecule has 15 heavy (non-hydrogen) atoms. The molecule has 0 aliphatic heterocycles. The number of rotatable bonds is 3. The fraction of sp³-hybridized carbons (Fsp3) is 0.692. The van der Waals surface area contributed by atoms with Crippen LogP contribution in [-0.2, 0) is 0 Å². The summed E-state index contributed by atoms with van der Waals surface area (Å²) in [7, 11) is 0. The second-order valence-corrected chi connectivity index (χ2v) is 4.74. The molecule has 1 aliphatic rings. The Labute approximate surface area is 91.8 Å². The second-order valence-electron chi connectivity index (χ2n) is 4.74. The molecule has 84 valence electrons. The quantitative estimate of drug-likeness (QED) is 0.826. The third-order valence-electron chi connectivity index (χ3n) is 3.60. The van der Waals surface area contributed by atoms with Crippen molar-refractivity contribution in [3.8, 4) is 0 Å². The standard InChI is InChI=1S/C13H21NO/c1-2-4-10-6-7-11(14)9-12(10)13-5-3-8-15-13/h3,5,8,10-12H,2,4,6-7,9,14H2,1H3. The monoisotopic (exact) mass is 207 g/mol. The van der Waals surface area contributed by atoms with Crippen molar-refractivity contribution in [1.29, 1.82) is 0 Å². The van der Waals surface area contributed by atoms with Crippen molar-refractivity contribution in [1.82, 2.24) is 0 Å². The van der Waals surface area contributed by atoms with Gasteiger partial charge in [-0.25, -0.2) is 0 Å². The lowest BCUT2D eigenvalue weighted by Crippen LogP contribution is -2.32. The van der Waals surface area contributed by atoms with Crippen molar-refractivity contribution in [3.63, 3.8) is 0 Å². The van der Waals surface area contributed by atoms with Crippen LogP contribution in [0.1, 0.15) is 50.7 Å². The Hall–Kier alpha value is -0.760. The minimum absolute atomic E-state index is 0.369. The molecule has 2 rings (SSSR count). The van der Waals surface area contributed by atoms with Crippen LogP contribution >= 0.6 is 0 Å². The van der Waals surface area contributed by atoms with Crippen LogP contribution in [0, 0.1) is 5.92 Å². The summed E-state index contributed by atoms with van der Waals surface area (Å²) in [4.78, 5) is 0. The van der Waals surface area contributed by atoms with Gasteiger partial charge in [0.15, 0.2) is 0 Å². The summed E-state index contributed by atoms with van der Waals surface area (Å²) < 4.78 is 5.54. The number of hydrogen-bond donors (Lipinski definition) is 1. The fourth-order valence-electron chi connectivity index (χ4n) is 2.83. The van der Waals surface area contributed by atoms with E-state index in [1.165, 1.54) is 25.7 Å². The highest BCUT2D eigenvalue weighted by molar-refractivity contribution is 5.09. The van der Waals surface area contributed by atoms with Crippen LogP contribution in [0.3, 0.4) is 0 Å². The largest absolute Gasteiger partial charge is 0.469 e. The first-order chi connectivity index (χ1) is 7.31.